The zero-order valence-electron chi connectivity index (χ0n) is 11.0. The zero-order valence-corrected chi connectivity index (χ0v) is 12.5. The van der Waals surface area contributed by atoms with Crippen LogP contribution in [0.15, 0.2) is 30.6 Å². The van der Waals surface area contributed by atoms with Gasteiger partial charge in [0.25, 0.3) is 0 Å². The Morgan fingerprint density at radius 1 is 1.32 bits per heavy atom. The van der Waals surface area contributed by atoms with Crippen molar-refractivity contribution in [3.05, 3.63) is 52.0 Å². The summed E-state index contributed by atoms with van der Waals surface area (Å²) < 4.78 is 2.01. The summed E-state index contributed by atoms with van der Waals surface area (Å²) in [5.41, 5.74) is 0.940. The minimum atomic E-state index is 0.0623. The first-order chi connectivity index (χ1) is 9.13. The van der Waals surface area contributed by atoms with Crippen molar-refractivity contribution >= 4 is 23.2 Å². The molecule has 2 rings (SSSR count). The van der Waals surface area contributed by atoms with Gasteiger partial charge in [-0.1, -0.05) is 36.2 Å². The Balaban J connectivity index is 2.32. The van der Waals surface area contributed by atoms with E-state index in [1.165, 1.54) is 0 Å². The summed E-state index contributed by atoms with van der Waals surface area (Å²) in [7, 11) is 1.99. The fourth-order valence-corrected chi connectivity index (χ4v) is 2.80. The summed E-state index contributed by atoms with van der Waals surface area (Å²) in [5, 5.41) is 4.80. The third-order valence-electron chi connectivity index (χ3n) is 3.11. The van der Waals surface area contributed by atoms with Crippen LogP contribution >= 0.6 is 23.2 Å². The van der Waals surface area contributed by atoms with E-state index in [1.54, 1.807) is 6.20 Å². The second-order valence-corrected chi connectivity index (χ2v) is 5.22. The number of aryl methyl sites for hydroxylation is 1. The fraction of sp³-hybridized carbons (Fsp3) is 0.357. The molecule has 0 saturated carbocycles. The van der Waals surface area contributed by atoms with Crippen LogP contribution < -0.4 is 5.32 Å². The first-order valence-electron chi connectivity index (χ1n) is 6.27. The number of hydrogen-bond acceptors (Lipinski definition) is 2. The largest absolute Gasteiger partial charge is 0.338 e. The van der Waals surface area contributed by atoms with Crippen molar-refractivity contribution in [1.82, 2.24) is 14.9 Å². The number of imidazole rings is 1. The Morgan fingerprint density at radius 3 is 2.53 bits per heavy atom. The van der Waals surface area contributed by atoms with Crippen LogP contribution in [0.5, 0.6) is 0 Å². The van der Waals surface area contributed by atoms with Crippen LogP contribution in [0.4, 0.5) is 0 Å². The van der Waals surface area contributed by atoms with Crippen molar-refractivity contribution in [2.24, 2.45) is 7.05 Å². The number of aromatic nitrogens is 2. The molecule has 0 saturated heterocycles. The van der Waals surface area contributed by atoms with Gasteiger partial charge in [-0.15, -0.1) is 0 Å². The lowest BCUT2D eigenvalue weighted by Crippen LogP contribution is -2.24. The molecular weight excluding hydrogens is 281 g/mol. The Morgan fingerprint density at radius 2 is 2.00 bits per heavy atom. The SMILES string of the molecule is CCNC(Cc1nccn1C)c1c(Cl)cccc1Cl. The molecule has 3 nitrogen and oxygen atoms in total. The van der Waals surface area contributed by atoms with Crippen LogP contribution in [0.3, 0.4) is 0 Å². The van der Waals surface area contributed by atoms with E-state index in [2.05, 4.69) is 17.2 Å². The number of hydrogen-bond donors (Lipinski definition) is 1. The molecule has 0 bridgehead atoms. The van der Waals surface area contributed by atoms with E-state index in [0.29, 0.717) is 10.0 Å². The maximum Gasteiger partial charge on any atom is 0.110 e. The van der Waals surface area contributed by atoms with Gasteiger partial charge < -0.3 is 9.88 Å². The van der Waals surface area contributed by atoms with Gasteiger partial charge in [-0.25, -0.2) is 4.98 Å². The van der Waals surface area contributed by atoms with Crippen molar-refractivity contribution < 1.29 is 0 Å². The predicted molar refractivity (Wildman–Crippen MR) is 79.8 cm³/mol. The zero-order chi connectivity index (χ0) is 13.8. The number of halogens is 2. The number of rotatable bonds is 5. The third kappa shape index (κ3) is 3.30. The molecule has 19 heavy (non-hydrogen) atoms. The molecule has 5 heteroatoms. The second-order valence-electron chi connectivity index (χ2n) is 4.40. The van der Waals surface area contributed by atoms with Gasteiger partial charge in [-0.2, -0.15) is 0 Å². The summed E-state index contributed by atoms with van der Waals surface area (Å²) in [4.78, 5) is 4.36. The maximum atomic E-state index is 6.29. The smallest absolute Gasteiger partial charge is 0.110 e. The predicted octanol–water partition coefficient (Wildman–Crippen LogP) is 3.62. The van der Waals surface area contributed by atoms with E-state index in [1.807, 2.05) is 36.0 Å². The van der Waals surface area contributed by atoms with Crippen molar-refractivity contribution in [2.45, 2.75) is 19.4 Å². The second kappa shape index (κ2) is 6.42. The Kier molecular flexibility index (Phi) is 4.86. The van der Waals surface area contributed by atoms with E-state index in [0.717, 1.165) is 24.4 Å². The lowest BCUT2D eigenvalue weighted by atomic mass is 10.0. The summed E-state index contributed by atoms with van der Waals surface area (Å²) in [6.07, 6.45) is 4.49. The third-order valence-corrected chi connectivity index (χ3v) is 3.77. The molecule has 0 spiro atoms. The number of nitrogens with one attached hydrogen (secondary N) is 1. The Hall–Kier alpha value is -1.03. The molecule has 1 N–H and O–H groups in total. The summed E-state index contributed by atoms with van der Waals surface area (Å²) >= 11 is 12.6. The minimum absolute atomic E-state index is 0.0623. The molecule has 0 aliphatic rings. The van der Waals surface area contributed by atoms with Gasteiger partial charge in [0.15, 0.2) is 0 Å². The quantitative estimate of drug-likeness (QED) is 0.913. The fourth-order valence-electron chi connectivity index (χ4n) is 2.14. The molecule has 0 fully saturated rings. The minimum Gasteiger partial charge on any atom is -0.338 e. The first-order valence-corrected chi connectivity index (χ1v) is 7.02. The molecular formula is C14H17Cl2N3. The van der Waals surface area contributed by atoms with Gasteiger partial charge in [0.1, 0.15) is 5.82 Å². The van der Waals surface area contributed by atoms with Crippen molar-refractivity contribution in [1.29, 1.82) is 0 Å². The molecule has 0 aliphatic heterocycles. The first kappa shape index (κ1) is 14.4. The van der Waals surface area contributed by atoms with Crippen molar-refractivity contribution in [3.63, 3.8) is 0 Å². The van der Waals surface area contributed by atoms with E-state index >= 15 is 0 Å². The highest BCUT2D eigenvalue weighted by atomic mass is 35.5. The topological polar surface area (TPSA) is 29.9 Å². The average molecular weight is 298 g/mol. The van der Waals surface area contributed by atoms with Crippen molar-refractivity contribution in [3.8, 4) is 0 Å². The van der Waals surface area contributed by atoms with E-state index < -0.39 is 0 Å². The number of likely N-dealkylation sites (N-methyl/N-ethyl adjacent to an activating group) is 1. The summed E-state index contributed by atoms with van der Waals surface area (Å²) in [6, 6.07) is 5.65. The normalized spacial score (nSPS) is 12.6. The standard InChI is InChI=1S/C14H17Cl2N3/c1-3-17-12(9-13-18-7-8-19(13)2)14-10(15)5-4-6-11(14)16/h4-8,12,17H,3,9H2,1-2H3. The summed E-state index contributed by atoms with van der Waals surface area (Å²) in [6.45, 7) is 2.91. The highest BCUT2D eigenvalue weighted by Gasteiger charge is 2.19. The number of nitrogens with zero attached hydrogens (tertiary/aromatic N) is 2. The molecule has 0 aliphatic carbocycles. The average Bonchev–Trinajstić information content (AvgIpc) is 2.75. The van der Waals surface area contributed by atoms with Gasteiger partial charge in [0.2, 0.25) is 0 Å². The van der Waals surface area contributed by atoms with Gasteiger partial charge in [-0.05, 0) is 18.7 Å². The molecule has 0 radical (unpaired) electrons. The van der Waals surface area contributed by atoms with E-state index in [9.17, 15) is 0 Å². The van der Waals surface area contributed by atoms with Crippen LogP contribution in [0, 0.1) is 0 Å². The Bertz CT molecular complexity index is 531. The van der Waals surface area contributed by atoms with Crippen LogP contribution in [0.25, 0.3) is 0 Å². The molecule has 2 aromatic rings. The highest BCUT2D eigenvalue weighted by Crippen LogP contribution is 2.31. The Labute approximate surface area is 123 Å². The van der Waals surface area contributed by atoms with Gasteiger partial charge in [0.05, 0.1) is 0 Å². The van der Waals surface area contributed by atoms with E-state index in [-0.39, 0.29) is 6.04 Å². The van der Waals surface area contributed by atoms with Gasteiger partial charge >= 0.3 is 0 Å². The molecule has 1 atom stereocenters. The monoisotopic (exact) mass is 297 g/mol. The number of benzene rings is 1. The molecule has 1 aromatic heterocycles. The summed E-state index contributed by atoms with van der Waals surface area (Å²) in [5.74, 6) is 1.00. The molecule has 0 amide bonds. The molecule has 1 heterocycles. The lowest BCUT2D eigenvalue weighted by Gasteiger charge is -2.20. The van der Waals surface area contributed by atoms with Gasteiger partial charge in [0, 0.05) is 47.5 Å². The lowest BCUT2D eigenvalue weighted by molar-refractivity contribution is 0.529. The van der Waals surface area contributed by atoms with Crippen molar-refractivity contribution in [2.75, 3.05) is 6.54 Å². The van der Waals surface area contributed by atoms with E-state index in [4.69, 9.17) is 23.2 Å². The van der Waals surface area contributed by atoms with Crippen LogP contribution in [-0.4, -0.2) is 16.1 Å². The maximum absolute atomic E-state index is 6.29. The molecule has 1 unspecified atom stereocenters. The van der Waals surface area contributed by atoms with Gasteiger partial charge in [-0.3, -0.25) is 0 Å². The van der Waals surface area contributed by atoms with Crippen LogP contribution in [0.1, 0.15) is 24.4 Å². The molecule has 102 valence electrons. The van der Waals surface area contributed by atoms with Crippen LogP contribution in [0.2, 0.25) is 10.0 Å². The highest BCUT2D eigenvalue weighted by molar-refractivity contribution is 6.36. The molecule has 1 aromatic carbocycles. The van der Waals surface area contributed by atoms with Crippen LogP contribution in [-0.2, 0) is 13.5 Å².